The standard InChI is InChI=1S/C13H25N3O/c1-10-9-16(11(2)8-14-10)12(3)13(17)15-6-4-5-7-15/h10-12,14H,4-9H2,1-3H3. The molecule has 2 heterocycles. The summed E-state index contributed by atoms with van der Waals surface area (Å²) in [6.45, 7) is 10.3. The lowest BCUT2D eigenvalue weighted by atomic mass is 10.1. The Morgan fingerprint density at radius 2 is 1.94 bits per heavy atom. The van der Waals surface area contributed by atoms with Crippen molar-refractivity contribution in [3.8, 4) is 0 Å². The largest absolute Gasteiger partial charge is 0.341 e. The number of nitrogens with one attached hydrogen (secondary N) is 1. The van der Waals surface area contributed by atoms with Crippen LogP contribution in [0.1, 0.15) is 33.6 Å². The maximum atomic E-state index is 12.4. The third kappa shape index (κ3) is 2.80. The summed E-state index contributed by atoms with van der Waals surface area (Å²) < 4.78 is 0. The highest BCUT2D eigenvalue weighted by atomic mass is 16.2. The molecule has 2 aliphatic rings. The van der Waals surface area contributed by atoms with E-state index in [-0.39, 0.29) is 6.04 Å². The number of amides is 1. The average molecular weight is 239 g/mol. The van der Waals surface area contributed by atoms with E-state index in [4.69, 9.17) is 0 Å². The molecule has 0 aromatic carbocycles. The van der Waals surface area contributed by atoms with Crippen molar-refractivity contribution in [3.63, 3.8) is 0 Å². The van der Waals surface area contributed by atoms with Gasteiger partial charge in [-0.2, -0.15) is 0 Å². The fourth-order valence-corrected chi connectivity index (χ4v) is 2.93. The first-order valence-electron chi connectivity index (χ1n) is 6.87. The van der Waals surface area contributed by atoms with E-state index in [1.807, 2.05) is 4.90 Å². The highest BCUT2D eigenvalue weighted by molar-refractivity contribution is 5.81. The van der Waals surface area contributed by atoms with Gasteiger partial charge < -0.3 is 10.2 Å². The molecule has 0 aromatic rings. The maximum absolute atomic E-state index is 12.4. The van der Waals surface area contributed by atoms with Gasteiger partial charge in [0.05, 0.1) is 6.04 Å². The van der Waals surface area contributed by atoms with E-state index in [0.29, 0.717) is 18.0 Å². The molecule has 98 valence electrons. The van der Waals surface area contributed by atoms with Crippen molar-refractivity contribution < 1.29 is 4.79 Å². The van der Waals surface area contributed by atoms with Crippen LogP contribution in [0.4, 0.5) is 0 Å². The molecule has 0 aromatic heterocycles. The smallest absolute Gasteiger partial charge is 0.239 e. The molecule has 17 heavy (non-hydrogen) atoms. The van der Waals surface area contributed by atoms with Gasteiger partial charge in [0.15, 0.2) is 0 Å². The third-order valence-electron chi connectivity index (χ3n) is 4.09. The number of hydrogen-bond donors (Lipinski definition) is 1. The molecule has 0 radical (unpaired) electrons. The summed E-state index contributed by atoms with van der Waals surface area (Å²) in [5.74, 6) is 0.323. The molecule has 0 aliphatic carbocycles. The van der Waals surface area contributed by atoms with Gasteiger partial charge in [-0.3, -0.25) is 9.69 Å². The van der Waals surface area contributed by atoms with E-state index in [2.05, 4.69) is 31.0 Å². The van der Waals surface area contributed by atoms with E-state index in [9.17, 15) is 4.79 Å². The van der Waals surface area contributed by atoms with Crippen LogP contribution in [0.15, 0.2) is 0 Å². The van der Waals surface area contributed by atoms with Crippen LogP contribution >= 0.6 is 0 Å². The predicted octanol–water partition coefficient (Wildman–Crippen LogP) is 0.680. The van der Waals surface area contributed by atoms with Crippen molar-refractivity contribution in [1.29, 1.82) is 0 Å². The maximum Gasteiger partial charge on any atom is 0.239 e. The lowest BCUT2D eigenvalue weighted by Crippen LogP contribution is -2.60. The van der Waals surface area contributed by atoms with Crippen molar-refractivity contribution in [1.82, 2.24) is 15.1 Å². The Bertz CT molecular complexity index is 276. The van der Waals surface area contributed by atoms with Gasteiger partial charge in [-0.25, -0.2) is 0 Å². The van der Waals surface area contributed by atoms with Crippen LogP contribution in [0.25, 0.3) is 0 Å². The topological polar surface area (TPSA) is 35.6 Å². The van der Waals surface area contributed by atoms with Crippen molar-refractivity contribution in [3.05, 3.63) is 0 Å². The Kier molecular flexibility index (Phi) is 4.05. The molecule has 0 bridgehead atoms. The Morgan fingerprint density at radius 3 is 2.59 bits per heavy atom. The summed E-state index contributed by atoms with van der Waals surface area (Å²) in [4.78, 5) is 16.7. The second-order valence-corrected chi connectivity index (χ2v) is 5.56. The molecule has 2 rings (SSSR count). The van der Waals surface area contributed by atoms with Gasteiger partial charge in [-0.1, -0.05) is 0 Å². The zero-order chi connectivity index (χ0) is 12.4. The molecular formula is C13H25N3O. The molecule has 3 atom stereocenters. The van der Waals surface area contributed by atoms with Crippen molar-refractivity contribution in [2.24, 2.45) is 0 Å². The van der Waals surface area contributed by atoms with Crippen LogP contribution < -0.4 is 5.32 Å². The van der Waals surface area contributed by atoms with E-state index in [0.717, 1.165) is 26.2 Å². The van der Waals surface area contributed by atoms with E-state index < -0.39 is 0 Å². The van der Waals surface area contributed by atoms with E-state index >= 15 is 0 Å². The van der Waals surface area contributed by atoms with Crippen LogP contribution in [-0.4, -0.2) is 60.0 Å². The number of carbonyl (C=O) groups is 1. The zero-order valence-corrected chi connectivity index (χ0v) is 11.3. The molecule has 2 saturated heterocycles. The van der Waals surface area contributed by atoms with Crippen molar-refractivity contribution >= 4 is 5.91 Å². The van der Waals surface area contributed by atoms with Crippen molar-refractivity contribution in [2.75, 3.05) is 26.2 Å². The van der Waals surface area contributed by atoms with Gasteiger partial charge in [0.1, 0.15) is 0 Å². The Labute approximate surface area is 104 Å². The first kappa shape index (κ1) is 12.8. The zero-order valence-electron chi connectivity index (χ0n) is 11.3. The molecular weight excluding hydrogens is 214 g/mol. The lowest BCUT2D eigenvalue weighted by Gasteiger charge is -2.41. The Morgan fingerprint density at radius 1 is 1.29 bits per heavy atom. The number of hydrogen-bond acceptors (Lipinski definition) is 3. The van der Waals surface area contributed by atoms with Gasteiger partial charge >= 0.3 is 0 Å². The average Bonchev–Trinajstić information content (AvgIpc) is 2.84. The lowest BCUT2D eigenvalue weighted by molar-refractivity contribution is -0.136. The molecule has 2 fully saturated rings. The number of carbonyl (C=O) groups excluding carboxylic acids is 1. The van der Waals surface area contributed by atoms with Gasteiger partial charge in [-0.05, 0) is 33.6 Å². The highest BCUT2D eigenvalue weighted by Crippen LogP contribution is 2.16. The molecule has 1 N–H and O–H groups in total. The summed E-state index contributed by atoms with van der Waals surface area (Å²) in [5, 5.41) is 3.46. The SMILES string of the molecule is CC1CN(C(C)C(=O)N2CCCC2)C(C)CN1. The quantitative estimate of drug-likeness (QED) is 0.770. The van der Waals surface area contributed by atoms with Gasteiger partial charge in [0.25, 0.3) is 0 Å². The molecule has 2 aliphatic heterocycles. The second kappa shape index (κ2) is 5.36. The number of likely N-dealkylation sites (tertiary alicyclic amines) is 1. The number of rotatable bonds is 2. The van der Waals surface area contributed by atoms with Gasteiger partial charge in [-0.15, -0.1) is 0 Å². The fourth-order valence-electron chi connectivity index (χ4n) is 2.93. The molecule has 4 nitrogen and oxygen atoms in total. The normalized spacial score (nSPS) is 32.8. The second-order valence-electron chi connectivity index (χ2n) is 5.56. The number of nitrogens with zero attached hydrogens (tertiary/aromatic N) is 2. The molecule has 0 saturated carbocycles. The number of piperazine rings is 1. The molecule has 4 heteroatoms. The fraction of sp³-hybridized carbons (Fsp3) is 0.923. The molecule has 3 unspecified atom stereocenters. The van der Waals surface area contributed by atoms with Crippen LogP contribution in [-0.2, 0) is 4.79 Å². The monoisotopic (exact) mass is 239 g/mol. The van der Waals surface area contributed by atoms with Gasteiger partial charge in [0.2, 0.25) is 5.91 Å². The van der Waals surface area contributed by atoms with Crippen LogP contribution in [0.2, 0.25) is 0 Å². The first-order chi connectivity index (χ1) is 8.09. The van der Waals surface area contributed by atoms with E-state index in [1.165, 1.54) is 12.8 Å². The minimum Gasteiger partial charge on any atom is -0.341 e. The van der Waals surface area contributed by atoms with Crippen LogP contribution in [0.5, 0.6) is 0 Å². The van der Waals surface area contributed by atoms with Gasteiger partial charge in [0, 0.05) is 38.3 Å². The molecule has 1 amide bonds. The van der Waals surface area contributed by atoms with Crippen molar-refractivity contribution in [2.45, 2.75) is 51.7 Å². The van der Waals surface area contributed by atoms with E-state index in [1.54, 1.807) is 0 Å². The minimum atomic E-state index is 0.0349. The van der Waals surface area contributed by atoms with Crippen LogP contribution in [0, 0.1) is 0 Å². The third-order valence-corrected chi connectivity index (χ3v) is 4.09. The predicted molar refractivity (Wildman–Crippen MR) is 68.9 cm³/mol. The summed E-state index contributed by atoms with van der Waals surface area (Å²) >= 11 is 0. The van der Waals surface area contributed by atoms with Crippen LogP contribution in [0.3, 0.4) is 0 Å². The molecule has 0 spiro atoms. The summed E-state index contributed by atoms with van der Waals surface area (Å²) in [5.41, 5.74) is 0. The Balaban J connectivity index is 1.97. The minimum absolute atomic E-state index is 0.0349. The highest BCUT2D eigenvalue weighted by Gasteiger charge is 2.33. The summed E-state index contributed by atoms with van der Waals surface area (Å²) in [6.07, 6.45) is 2.35. The summed E-state index contributed by atoms with van der Waals surface area (Å²) in [7, 11) is 0. The summed E-state index contributed by atoms with van der Waals surface area (Å²) in [6, 6.07) is 0.973. The first-order valence-corrected chi connectivity index (χ1v) is 6.87. The Hall–Kier alpha value is -0.610.